The molecule has 0 atom stereocenters. The Morgan fingerprint density at radius 2 is 1.62 bits per heavy atom. The van der Waals surface area contributed by atoms with Crippen molar-refractivity contribution in [2.75, 3.05) is 21.3 Å². The molecular weight excluding hydrogens is 212 g/mol. The van der Waals surface area contributed by atoms with Gasteiger partial charge in [0.1, 0.15) is 11.5 Å². The average molecular weight is 224 g/mol. The largest absolute Gasteiger partial charge is 0.497 e. The van der Waals surface area contributed by atoms with Crippen LogP contribution >= 0.6 is 0 Å². The second kappa shape index (κ2) is 5.69. The summed E-state index contributed by atoms with van der Waals surface area (Å²) in [6.45, 7) is 0. The predicted octanol–water partition coefficient (Wildman–Crippen LogP) is 2.55. The normalized spacial score (nSPS) is 10.2. The van der Waals surface area contributed by atoms with Gasteiger partial charge in [0.25, 0.3) is 0 Å². The molecular formula is C10H12N2O4. The molecule has 0 radical (unpaired) electrons. The summed E-state index contributed by atoms with van der Waals surface area (Å²) >= 11 is 0. The Morgan fingerprint density at radius 3 is 2.06 bits per heavy atom. The molecule has 0 saturated heterocycles. The minimum Gasteiger partial charge on any atom is -0.497 e. The number of hydrogen-bond acceptors (Lipinski definition) is 5. The molecule has 1 aromatic carbocycles. The van der Waals surface area contributed by atoms with E-state index in [9.17, 15) is 4.79 Å². The van der Waals surface area contributed by atoms with E-state index >= 15 is 0 Å². The average Bonchev–Trinajstić information content (AvgIpc) is 2.35. The summed E-state index contributed by atoms with van der Waals surface area (Å²) in [6.07, 6.45) is -0.762. The summed E-state index contributed by atoms with van der Waals surface area (Å²) in [6, 6.07) is 4.93. The number of carbonyl (C=O) groups excluding carboxylic acids is 1. The number of rotatable bonds is 3. The molecule has 0 aromatic heterocycles. The Balaban J connectivity index is 2.95. The summed E-state index contributed by atoms with van der Waals surface area (Å²) in [7, 11) is 4.28. The Kier molecular flexibility index (Phi) is 4.26. The van der Waals surface area contributed by atoms with Gasteiger partial charge in [0.15, 0.2) is 0 Å². The first-order valence-corrected chi connectivity index (χ1v) is 4.42. The van der Waals surface area contributed by atoms with Gasteiger partial charge in [-0.25, -0.2) is 4.79 Å². The number of hydrogen-bond donors (Lipinski definition) is 0. The van der Waals surface area contributed by atoms with E-state index in [1.54, 1.807) is 18.2 Å². The van der Waals surface area contributed by atoms with Crippen molar-refractivity contribution in [1.82, 2.24) is 0 Å². The maximum absolute atomic E-state index is 10.7. The second-order valence-electron chi connectivity index (χ2n) is 2.74. The van der Waals surface area contributed by atoms with E-state index in [0.717, 1.165) is 0 Å². The van der Waals surface area contributed by atoms with Gasteiger partial charge in [-0.2, -0.15) is 0 Å². The standard InChI is InChI=1S/C10H12N2O4/c1-14-8-4-7(5-9(6-8)15-2)11-12-10(13)16-3/h4-6H,1-3H3. The van der Waals surface area contributed by atoms with E-state index in [-0.39, 0.29) is 0 Å². The van der Waals surface area contributed by atoms with Crippen molar-refractivity contribution in [3.63, 3.8) is 0 Å². The lowest BCUT2D eigenvalue weighted by molar-refractivity contribution is 0.181. The summed E-state index contributed by atoms with van der Waals surface area (Å²) in [5.41, 5.74) is 0.446. The van der Waals surface area contributed by atoms with Crippen molar-refractivity contribution in [3.8, 4) is 11.5 Å². The first kappa shape index (κ1) is 12.0. The first-order chi connectivity index (χ1) is 7.69. The van der Waals surface area contributed by atoms with Crippen molar-refractivity contribution in [2.45, 2.75) is 0 Å². The summed E-state index contributed by atoms with van der Waals surface area (Å²) in [5, 5.41) is 7.00. The first-order valence-electron chi connectivity index (χ1n) is 4.42. The third kappa shape index (κ3) is 3.23. The number of ether oxygens (including phenoxy) is 3. The number of benzene rings is 1. The van der Waals surface area contributed by atoms with E-state index in [4.69, 9.17) is 9.47 Å². The van der Waals surface area contributed by atoms with Gasteiger partial charge in [-0.1, -0.05) is 5.11 Å². The van der Waals surface area contributed by atoms with Gasteiger partial charge < -0.3 is 14.2 Å². The molecule has 0 unspecified atom stereocenters. The lowest BCUT2D eigenvalue weighted by atomic mass is 10.3. The molecule has 0 saturated carbocycles. The highest BCUT2D eigenvalue weighted by Gasteiger charge is 2.01. The lowest BCUT2D eigenvalue weighted by Crippen LogP contribution is -1.90. The molecule has 0 aliphatic heterocycles. The number of azo groups is 1. The van der Waals surface area contributed by atoms with Gasteiger partial charge in [0.2, 0.25) is 0 Å². The molecule has 0 heterocycles. The van der Waals surface area contributed by atoms with Crippen LogP contribution in [0.15, 0.2) is 28.4 Å². The summed E-state index contributed by atoms with van der Waals surface area (Å²) in [5.74, 6) is 1.14. The third-order valence-electron chi connectivity index (χ3n) is 1.76. The molecule has 0 fully saturated rings. The van der Waals surface area contributed by atoms with E-state index < -0.39 is 6.09 Å². The molecule has 1 aromatic rings. The van der Waals surface area contributed by atoms with Gasteiger partial charge in [0.05, 0.1) is 27.0 Å². The molecule has 0 N–H and O–H groups in total. The zero-order valence-electron chi connectivity index (χ0n) is 9.26. The smallest absolute Gasteiger partial charge is 0.452 e. The zero-order chi connectivity index (χ0) is 12.0. The van der Waals surface area contributed by atoms with Crippen molar-refractivity contribution in [1.29, 1.82) is 0 Å². The maximum atomic E-state index is 10.7. The molecule has 0 spiro atoms. The Labute approximate surface area is 92.8 Å². The van der Waals surface area contributed by atoms with Crippen molar-refractivity contribution >= 4 is 11.8 Å². The molecule has 86 valence electrons. The van der Waals surface area contributed by atoms with Gasteiger partial charge >= 0.3 is 6.09 Å². The molecule has 0 aliphatic rings. The minimum atomic E-state index is -0.762. The van der Waals surface area contributed by atoms with E-state index in [1.807, 2.05) is 0 Å². The monoisotopic (exact) mass is 224 g/mol. The fourth-order valence-electron chi connectivity index (χ4n) is 0.990. The van der Waals surface area contributed by atoms with Crippen LogP contribution in [0.2, 0.25) is 0 Å². The topological polar surface area (TPSA) is 69.5 Å². The van der Waals surface area contributed by atoms with Crippen LogP contribution in [-0.4, -0.2) is 27.4 Å². The van der Waals surface area contributed by atoms with Gasteiger partial charge in [0, 0.05) is 18.2 Å². The molecule has 6 nitrogen and oxygen atoms in total. The van der Waals surface area contributed by atoms with Crippen LogP contribution in [-0.2, 0) is 4.74 Å². The van der Waals surface area contributed by atoms with E-state index in [1.165, 1.54) is 21.3 Å². The van der Waals surface area contributed by atoms with Crippen LogP contribution in [0.3, 0.4) is 0 Å². The second-order valence-corrected chi connectivity index (χ2v) is 2.74. The summed E-state index contributed by atoms with van der Waals surface area (Å²) < 4.78 is 14.4. The predicted molar refractivity (Wildman–Crippen MR) is 56.5 cm³/mol. The molecule has 0 aliphatic carbocycles. The molecule has 6 heteroatoms. The zero-order valence-corrected chi connectivity index (χ0v) is 9.26. The fraction of sp³-hybridized carbons (Fsp3) is 0.300. The number of nitrogens with zero attached hydrogens (tertiary/aromatic N) is 2. The van der Waals surface area contributed by atoms with Crippen LogP contribution in [0.1, 0.15) is 0 Å². The third-order valence-corrected chi connectivity index (χ3v) is 1.76. The van der Waals surface area contributed by atoms with Crippen LogP contribution in [0.25, 0.3) is 0 Å². The number of carbonyl (C=O) groups is 1. The van der Waals surface area contributed by atoms with Gasteiger partial charge in [-0.3, -0.25) is 0 Å². The van der Waals surface area contributed by atoms with Crippen LogP contribution in [0, 0.1) is 0 Å². The quantitative estimate of drug-likeness (QED) is 0.740. The van der Waals surface area contributed by atoms with E-state index in [0.29, 0.717) is 17.2 Å². The van der Waals surface area contributed by atoms with Gasteiger partial charge in [-0.15, -0.1) is 5.11 Å². The Hall–Kier alpha value is -2.11. The molecule has 1 amide bonds. The summed E-state index contributed by atoms with van der Waals surface area (Å²) in [4.78, 5) is 10.7. The molecule has 1 rings (SSSR count). The number of methoxy groups -OCH3 is 3. The highest BCUT2D eigenvalue weighted by molar-refractivity contribution is 5.67. The van der Waals surface area contributed by atoms with Crippen molar-refractivity contribution in [3.05, 3.63) is 18.2 Å². The molecule has 0 bridgehead atoms. The Morgan fingerprint density at radius 1 is 1.06 bits per heavy atom. The highest BCUT2D eigenvalue weighted by Crippen LogP contribution is 2.27. The van der Waals surface area contributed by atoms with Crippen molar-refractivity contribution < 1.29 is 19.0 Å². The lowest BCUT2D eigenvalue weighted by Gasteiger charge is -2.04. The van der Waals surface area contributed by atoms with Crippen LogP contribution in [0.5, 0.6) is 11.5 Å². The van der Waals surface area contributed by atoms with Crippen LogP contribution in [0.4, 0.5) is 10.5 Å². The SMILES string of the molecule is COC(=O)N=Nc1cc(OC)cc(OC)c1. The fourth-order valence-corrected chi connectivity index (χ4v) is 0.990. The van der Waals surface area contributed by atoms with Crippen LogP contribution < -0.4 is 9.47 Å². The number of amides is 1. The highest BCUT2D eigenvalue weighted by atomic mass is 16.5. The van der Waals surface area contributed by atoms with E-state index in [2.05, 4.69) is 15.0 Å². The van der Waals surface area contributed by atoms with Gasteiger partial charge in [-0.05, 0) is 0 Å². The maximum Gasteiger partial charge on any atom is 0.452 e. The minimum absolute atomic E-state index is 0.446. The Bertz CT molecular complexity index is 382. The van der Waals surface area contributed by atoms with Crippen molar-refractivity contribution in [2.24, 2.45) is 10.2 Å². The molecule has 16 heavy (non-hydrogen) atoms.